The van der Waals surface area contributed by atoms with Crippen LogP contribution < -0.4 is 10.2 Å². The zero-order chi connectivity index (χ0) is 28.4. The van der Waals surface area contributed by atoms with Crippen molar-refractivity contribution in [3.8, 4) is 22.4 Å². The van der Waals surface area contributed by atoms with E-state index in [0.717, 1.165) is 24.3 Å². The minimum atomic E-state index is -4.78. The molecule has 1 fully saturated rings. The first kappa shape index (κ1) is 27.2. The maximum absolute atomic E-state index is 14.3. The first-order chi connectivity index (χ1) is 19.1. The predicted octanol–water partition coefficient (Wildman–Crippen LogP) is 5.34. The van der Waals surface area contributed by atoms with Crippen molar-refractivity contribution in [1.82, 2.24) is 20.3 Å². The molecule has 2 aromatic heterocycles. The molecule has 4 aromatic rings. The maximum Gasteiger partial charge on any atom is 0.416 e. The quantitative estimate of drug-likeness (QED) is 0.311. The molecule has 0 aliphatic carbocycles. The fraction of sp³-hybridized carbons (Fsp3) is 0.222. The van der Waals surface area contributed by atoms with Crippen molar-refractivity contribution in [2.45, 2.75) is 12.7 Å². The van der Waals surface area contributed by atoms with Gasteiger partial charge in [-0.25, -0.2) is 23.1 Å². The first-order valence-corrected chi connectivity index (χ1v) is 12.1. The van der Waals surface area contributed by atoms with Crippen LogP contribution in [-0.2, 0) is 17.5 Å². The van der Waals surface area contributed by atoms with Crippen molar-refractivity contribution in [3.63, 3.8) is 0 Å². The van der Waals surface area contributed by atoms with Crippen molar-refractivity contribution in [1.29, 1.82) is 0 Å². The smallest absolute Gasteiger partial charge is 0.378 e. The Balaban J connectivity index is 1.49. The van der Waals surface area contributed by atoms with E-state index in [2.05, 4.69) is 20.3 Å². The molecule has 5 rings (SSSR count). The Hall–Kier alpha value is -4.39. The van der Waals surface area contributed by atoms with Crippen LogP contribution in [0.4, 0.5) is 32.3 Å². The van der Waals surface area contributed by atoms with Crippen LogP contribution in [0.5, 0.6) is 0 Å². The number of hydrogen-bond acceptors (Lipinski definition) is 5. The van der Waals surface area contributed by atoms with Gasteiger partial charge in [0.15, 0.2) is 11.6 Å². The summed E-state index contributed by atoms with van der Waals surface area (Å²) in [4.78, 5) is 26.3. The van der Waals surface area contributed by atoms with Gasteiger partial charge in [-0.2, -0.15) is 13.2 Å². The van der Waals surface area contributed by atoms with E-state index < -0.39 is 35.1 Å². The van der Waals surface area contributed by atoms with Gasteiger partial charge >= 0.3 is 6.18 Å². The fourth-order valence-electron chi connectivity index (χ4n) is 4.22. The summed E-state index contributed by atoms with van der Waals surface area (Å²) in [6.45, 7) is 1.76. The number of alkyl halides is 3. The van der Waals surface area contributed by atoms with Gasteiger partial charge in [-0.1, -0.05) is 6.07 Å². The van der Waals surface area contributed by atoms with Crippen molar-refractivity contribution in [2.24, 2.45) is 0 Å². The highest BCUT2D eigenvalue weighted by molar-refractivity contribution is 5.94. The SMILES string of the molecule is O=C(NCc1ccc(F)c(F)c1)c1cc(-c2nc(N3CCOCC3)ncc2-c2cc(F)cc(C(F)(F)F)c2)c[nH]1. The standard InChI is InChI=1S/C27H21F6N5O2/c28-19-9-16(8-18(11-19)27(31,32)33)20-14-36-26(38-3-5-40-6-4-38)37-24(20)17-10-23(34-13-17)25(39)35-12-15-1-2-21(29)22(30)7-15/h1-2,7-11,13-14,34H,3-6,12H2,(H,35,39). The Morgan fingerprint density at radius 1 is 1.00 bits per heavy atom. The third-order valence-electron chi connectivity index (χ3n) is 6.24. The highest BCUT2D eigenvalue weighted by Gasteiger charge is 2.32. The molecule has 0 radical (unpaired) electrons. The van der Waals surface area contributed by atoms with E-state index >= 15 is 0 Å². The molecule has 13 heteroatoms. The van der Waals surface area contributed by atoms with E-state index in [9.17, 15) is 31.1 Å². The summed E-state index contributed by atoms with van der Waals surface area (Å²) in [5.74, 6) is -3.43. The average molecular weight is 561 g/mol. The van der Waals surface area contributed by atoms with Crippen LogP contribution in [0.15, 0.2) is 54.9 Å². The highest BCUT2D eigenvalue weighted by atomic mass is 19.4. The number of rotatable bonds is 6. The minimum Gasteiger partial charge on any atom is -0.378 e. The van der Waals surface area contributed by atoms with Crippen molar-refractivity contribution in [3.05, 3.63) is 89.1 Å². The van der Waals surface area contributed by atoms with Crippen molar-refractivity contribution >= 4 is 11.9 Å². The number of carbonyl (C=O) groups excluding carboxylic acids is 1. The maximum atomic E-state index is 14.3. The molecule has 0 saturated carbocycles. The average Bonchev–Trinajstić information content (AvgIpc) is 3.43. The third-order valence-corrected chi connectivity index (χ3v) is 6.24. The molecule has 1 saturated heterocycles. The van der Waals surface area contributed by atoms with Crippen molar-refractivity contribution < 1.29 is 35.9 Å². The summed E-state index contributed by atoms with van der Waals surface area (Å²) >= 11 is 0. The normalized spacial score (nSPS) is 13.9. The molecule has 0 atom stereocenters. The second kappa shape index (κ2) is 11.0. The third kappa shape index (κ3) is 5.93. The summed E-state index contributed by atoms with van der Waals surface area (Å²) in [6, 6.07) is 6.83. The van der Waals surface area contributed by atoms with Crippen LogP contribution in [0.3, 0.4) is 0 Å². The second-order valence-electron chi connectivity index (χ2n) is 8.99. The number of carbonyl (C=O) groups is 1. The summed E-state index contributed by atoms with van der Waals surface area (Å²) in [7, 11) is 0. The van der Waals surface area contributed by atoms with Gasteiger partial charge in [0, 0.05) is 43.2 Å². The molecule has 0 spiro atoms. The number of halogens is 6. The molecule has 1 aliphatic rings. The molecule has 1 aliphatic heterocycles. The number of anilines is 1. The van der Waals surface area contributed by atoms with Gasteiger partial charge in [-0.05, 0) is 47.5 Å². The Bertz CT molecular complexity index is 1550. The molecule has 3 heterocycles. The molecule has 2 N–H and O–H groups in total. The number of morpholine rings is 1. The molecule has 1 amide bonds. The number of nitrogens with one attached hydrogen (secondary N) is 2. The number of benzene rings is 2. The number of amides is 1. The number of aromatic nitrogens is 3. The van der Waals surface area contributed by atoms with Gasteiger partial charge < -0.3 is 19.9 Å². The molecule has 40 heavy (non-hydrogen) atoms. The molecule has 0 bridgehead atoms. The summed E-state index contributed by atoms with van der Waals surface area (Å²) < 4.78 is 86.5. The van der Waals surface area contributed by atoms with E-state index in [0.29, 0.717) is 49.4 Å². The Morgan fingerprint density at radius 3 is 2.50 bits per heavy atom. The van der Waals surface area contributed by atoms with Crippen LogP contribution in [0, 0.1) is 17.5 Å². The van der Waals surface area contributed by atoms with Crippen LogP contribution in [0.2, 0.25) is 0 Å². The Labute approximate surface area is 223 Å². The van der Waals surface area contributed by atoms with Crippen molar-refractivity contribution in [2.75, 3.05) is 31.2 Å². The zero-order valence-electron chi connectivity index (χ0n) is 20.7. The van der Waals surface area contributed by atoms with Gasteiger partial charge in [-0.3, -0.25) is 4.79 Å². The molecule has 0 unspecified atom stereocenters. The minimum absolute atomic E-state index is 0.0743. The van der Waals surface area contributed by atoms with E-state index in [1.807, 2.05) is 4.90 Å². The predicted molar refractivity (Wildman–Crippen MR) is 133 cm³/mol. The lowest BCUT2D eigenvalue weighted by Gasteiger charge is -2.27. The van der Waals surface area contributed by atoms with Crippen LogP contribution in [-0.4, -0.2) is 47.2 Å². The van der Waals surface area contributed by atoms with Gasteiger partial charge in [0.1, 0.15) is 11.5 Å². The van der Waals surface area contributed by atoms with Gasteiger partial charge in [0.25, 0.3) is 5.91 Å². The van der Waals surface area contributed by atoms with E-state index in [1.54, 1.807) is 0 Å². The monoisotopic (exact) mass is 561 g/mol. The largest absolute Gasteiger partial charge is 0.416 e. The van der Waals surface area contributed by atoms with Gasteiger partial charge in [0.2, 0.25) is 5.95 Å². The van der Waals surface area contributed by atoms with E-state index in [4.69, 9.17) is 4.74 Å². The summed E-state index contributed by atoms with van der Waals surface area (Å²) in [6.07, 6.45) is -2.03. The fourth-order valence-corrected chi connectivity index (χ4v) is 4.22. The number of H-pyrrole nitrogens is 1. The molecular weight excluding hydrogens is 540 g/mol. The number of hydrogen-bond donors (Lipinski definition) is 2. The molecular formula is C27H21F6N5O2. The number of nitrogens with zero attached hydrogens (tertiary/aromatic N) is 3. The summed E-state index contributed by atoms with van der Waals surface area (Å²) in [5, 5.41) is 2.58. The Morgan fingerprint density at radius 2 is 1.77 bits per heavy atom. The zero-order valence-corrected chi connectivity index (χ0v) is 20.7. The molecule has 208 valence electrons. The lowest BCUT2D eigenvalue weighted by Crippen LogP contribution is -2.37. The highest BCUT2D eigenvalue weighted by Crippen LogP contribution is 2.37. The molecule has 2 aromatic carbocycles. The first-order valence-electron chi connectivity index (χ1n) is 12.1. The van der Waals surface area contributed by atoms with E-state index in [-0.39, 0.29) is 29.1 Å². The molecule has 7 nitrogen and oxygen atoms in total. The lowest BCUT2D eigenvalue weighted by molar-refractivity contribution is -0.137. The van der Waals surface area contributed by atoms with Crippen LogP contribution >= 0.6 is 0 Å². The van der Waals surface area contributed by atoms with E-state index in [1.165, 1.54) is 24.5 Å². The lowest BCUT2D eigenvalue weighted by atomic mass is 10.00. The van der Waals surface area contributed by atoms with Gasteiger partial charge in [0.05, 0.1) is 24.5 Å². The summed E-state index contributed by atoms with van der Waals surface area (Å²) in [5.41, 5.74) is -0.230. The number of ether oxygens (including phenoxy) is 1. The van der Waals surface area contributed by atoms with Gasteiger partial charge in [-0.15, -0.1) is 0 Å². The topological polar surface area (TPSA) is 83.1 Å². The number of aromatic amines is 1. The second-order valence-corrected chi connectivity index (χ2v) is 8.99. The van der Waals surface area contributed by atoms with Crippen LogP contribution in [0.1, 0.15) is 21.6 Å². The Kier molecular flexibility index (Phi) is 7.48. The van der Waals surface area contributed by atoms with Crippen LogP contribution in [0.25, 0.3) is 22.4 Å².